The molecule has 0 spiro atoms. The summed E-state index contributed by atoms with van der Waals surface area (Å²) in [5.41, 5.74) is 4.89. The van der Waals surface area contributed by atoms with Crippen molar-refractivity contribution in [2.45, 2.75) is 38.1 Å². The van der Waals surface area contributed by atoms with Gasteiger partial charge in [0, 0.05) is 29.1 Å². The Morgan fingerprint density at radius 2 is 2.04 bits per heavy atom. The smallest absolute Gasteiger partial charge is 0.304 e. The summed E-state index contributed by atoms with van der Waals surface area (Å²) < 4.78 is 7.75. The number of aryl methyl sites for hydroxylation is 1. The van der Waals surface area contributed by atoms with Crippen molar-refractivity contribution in [1.82, 2.24) is 4.57 Å². The van der Waals surface area contributed by atoms with Crippen LogP contribution in [-0.2, 0) is 17.8 Å². The number of rotatable bonds is 5. The summed E-state index contributed by atoms with van der Waals surface area (Å²) in [5.74, 6) is 0.188. The summed E-state index contributed by atoms with van der Waals surface area (Å²) >= 11 is 0. The van der Waals surface area contributed by atoms with E-state index in [1.54, 1.807) is 7.11 Å². The maximum Gasteiger partial charge on any atom is 0.304 e. The first kappa shape index (κ1) is 16.7. The number of carbonyl (C=O) groups is 1. The number of carboxylic acid groups (broad SMARTS) is 1. The molecule has 1 aromatic heterocycles. The molecule has 0 radical (unpaired) electrons. The van der Waals surface area contributed by atoms with Crippen LogP contribution in [0.2, 0.25) is 0 Å². The van der Waals surface area contributed by atoms with Crippen LogP contribution in [-0.4, -0.2) is 22.8 Å². The van der Waals surface area contributed by atoms with Crippen LogP contribution in [0, 0.1) is 0 Å². The van der Waals surface area contributed by atoms with Gasteiger partial charge in [0.25, 0.3) is 0 Å². The number of ether oxygens (including phenoxy) is 1. The summed E-state index contributed by atoms with van der Waals surface area (Å²) in [6.07, 6.45) is 3.15. The molecule has 1 atom stereocenters. The second-order valence-corrected chi connectivity index (χ2v) is 7.01. The van der Waals surface area contributed by atoms with Gasteiger partial charge in [-0.05, 0) is 48.6 Å². The number of methoxy groups -OCH3 is 1. The van der Waals surface area contributed by atoms with Crippen molar-refractivity contribution in [3.8, 4) is 5.75 Å². The molecule has 4 rings (SSSR count). The first-order valence-electron chi connectivity index (χ1n) is 9.12. The lowest BCUT2D eigenvalue weighted by atomic mass is 9.84. The van der Waals surface area contributed by atoms with Gasteiger partial charge in [0.15, 0.2) is 0 Å². The third kappa shape index (κ3) is 2.96. The molecule has 0 aliphatic heterocycles. The van der Waals surface area contributed by atoms with Gasteiger partial charge in [-0.1, -0.05) is 30.3 Å². The Morgan fingerprint density at radius 1 is 1.23 bits per heavy atom. The minimum absolute atomic E-state index is 0.0679. The third-order valence-corrected chi connectivity index (χ3v) is 5.39. The molecule has 1 heterocycles. The largest absolute Gasteiger partial charge is 0.497 e. The van der Waals surface area contributed by atoms with Crippen molar-refractivity contribution in [3.63, 3.8) is 0 Å². The van der Waals surface area contributed by atoms with E-state index in [9.17, 15) is 9.90 Å². The number of hydrogen-bond donors (Lipinski definition) is 1. The highest BCUT2D eigenvalue weighted by Gasteiger charge is 2.29. The lowest BCUT2D eigenvalue weighted by molar-refractivity contribution is -0.137. The molecule has 2 aromatic carbocycles. The fourth-order valence-electron chi connectivity index (χ4n) is 4.29. The number of benzene rings is 2. The van der Waals surface area contributed by atoms with Gasteiger partial charge in [0.05, 0.1) is 13.5 Å². The van der Waals surface area contributed by atoms with Gasteiger partial charge in [-0.25, -0.2) is 0 Å². The number of aliphatic carboxylic acids is 1. The van der Waals surface area contributed by atoms with E-state index in [0.29, 0.717) is 0 Å². The maximum absolute atomic E-state index is 11.4. The molecule has 0 amide bonds. The predicted molar refractivity (Wildman–Crippen MR) is 102 cm³/mol. The quantitative estimate of drug-likeness (QED) is 0.733. The molecule has 0 saturated heterocycles. The lowest BCUT2D eigenvalue weighted by Gasteiger charge is -2.24. The highest BCUT2D eigenvalue weighted by molar-refractivity contribution is 5.88. The maximum atomic E-state index is 11.4. The summed E-state index contributed by atoms with van der Waals surface area (Å²) in [6.45, 7) is 0.759. The fourth-order valence-corrected chi connectivity index (χ4v) is 4.29. The fraction of sp³-hybridized carbons (Fsp3) is 0.318. The Morgan fingerprint density at radius 3 is 2.77 bits per heavy atom. The topological polar surface area (TPSA) is 51.5 Å². The monoisotopic (exact) mass is 349 g/mol. The van der Waals surface area contributed by atoms with Crippen molar-refractivity contribution in [1.29, 1.82) is 0 Å². The van der Waals surface area contributed by atoms with Gasteiger partial charge in [-0.2, -0.15) is 0 Å². The van der Waals surface area contributed by atoms with Gasteiger partial charge in [-0.3, -0.25) is 4.79 Å². The molecule has 1 N–H and O–H groups in total. The molecule has 1 aliphatic rings. The van der Waals surface area contributed by atoms with Crippen LogP contribution in [0.25, 0.3) is 10.9 Å². The average Bonchev–Trinajstić information content (AvgIpc) is 2.96. The summed E-state index contributed by atoms with van der Waals surface area (Å²) in [7, 11) is 1.68. The van der Waals surface area contributed by atoms with Gasteiger partial charge >= 0.3 is 5.97 Å². The molecular formula is C22H23NO3. The molecule has 0 fully saturated rings. The van der Waals surface area contributed by atoms with E-state index in [2.05, 4.69) is 28.8 Å². The van der Waals surface area contributed by atoms with Gasteiger partial charge in [0.1, 0.15) is 5.75 Å². The van der Waals surface area contributed by atoms with Crippen molar-refractivity contribution in [2.75, 3.05) is 7.11 Å². The van der Waals surface area contributed by atoms with E-state index < -0.39 is 5.97 Å². The van der Waals surface area contributed by atoms with E-state index in [-0.39, 0.29) is 12.3 Å². The zero-order valence-electron chi connectivity index (χ0n) is 14.9. The Balaban J connectivity index is 1.91. The molecule has 1 aliphatic carbocycles. The second kappa shape index (κ2) is 6.87. The highest BCUT2D eigenvalue weighted by atomic mass is 16.5. The van der Waals surface area contributed by atoms with E-state index in [1.807, 2.05) is 24.3 Å². The number of hydrogen-bond acceptors (Lipinski definition) is 2. The minimum atomic E-state index is -0.725. The summed E-state index contributed by atoms with van der Waals surface area (Å²) in [4.78, 5) is 11.4. The highest BCUT2D eigenvalue weighted by Crippen LogP contribution is 2.41. The molecule has 0 bridgehead atoms. The van der Waals surface area contributed by atoms with E-state index in [1.165, 1.54) is 22.2 Å². The number of fused-ring (bicyclic) bond motifs is 3. The van der Waals surface area contributed by atoms with Gasteiger partial charge < -0.3 is 14.4 Å². The molecule has 4 nitrogen and oxygen atoms in total. The minimum Gasteiger partial charge on any atom is -0.497 e. The summed E-state index contributed by atoms with van der Waals surface area (Å²) in [5, 5.41) is 10.6. The molecule has 26 heavy (non-hydrogen) atoms. The van der Waals surface area contributed by atoms with Crippen molar-refractivity contribution < 1.29 is 14.6 Å². The Bertz CT molecular complexity index is 943. The number of nitrogens with zero attached hydrogens (tertiary/aromatic N) is 1. The van der Waals surface area contributed by atoms with Crippen molar-refractivity contribution in [3.05, 3.63) is 65.4 Å². The third-order valence-electron chi connectivity index (χ3n) is 5.39. The normalized spacial score (nSPS) is 16.4. The Kier molecular flexibility index (Phi) is 4.41. The number of carboxylic acids is 1. The first-order chi connectivity index (χ1) is 12.7. The van der Waals surface area contributed by atoms with Crippen LogP contribution >= 0.6 is 0 Å². The predicted octanol–water partition coefficient (Wildman–Crippen LogP) is 4.59. The summed E-state index contributed by atoms with van der Waals surface area (Å²) in [6, 6.07) is 16.5. The molecule has 4 heteroatoms. The lowest BCUT2D eigenvalue weighted by Crippen LogP contribution is -2.17. The SMILES string of the molecule is COc1ccc2c(c1)c1c(n2Cc2ccccc2)[C@H](CC(=O)O)CCC1. The zero-order chi connectivity index (χ0) is 18.1. The van der Waals surface area contributed by atoms with Crippen LogP contribution in [0.3, 0.4) is 0 Å². The first-order valence-corrected chi connectivity index (χ1v) is 9.12. The Labute approximate surface area is 153 Å². The van der Waals surface area contributed by atoms with Crippen molar-refractivity contribution in [2.24, 2.45) is 0 Å². The molecule has 134 valence electrons. The van der Waals surface area contributed by atoms with Crippen LogP contribution in [0.15, 0.2) is 48.5 Å². The zero-order valence-corrected chi connectivity index (χ0v) is 14.9. The molecule has 0 unspecified atom stereocenters. The second-order valence-electron chi connectivity index (χ2n) is 7.01. The van der Waals surface area contributed by atoms with Gasteiger partial charge in [-0.15, -0.1) is 0 Å². The van der Waals surface area contributed by atoms with Crippen LogP contribution in [0.5, 0.6) is 5.75 Å². The standard InChI is InChI=1S/C22H23NO3/c1-26-17-10-11-20-19(13-17)18-9-5-8-16(12-21(24)25)22(18)23(20)14-15-6-3-2-4-7-15/h2-4,6-7,10-11,13,16H,5,8-9,12,14H2,1H3,(H,24,25)/t16-/m0/s1. The average molecular weight is 349 g/mol. The molecular weight excluding hydrogens is 326 g/mol. The van der Waals surface area contributed by atoms with Gasteiger partial charge in [0.2, 0.25) is 0 Å². The Hall–Kier alpha value is -2.75. The van der Waals surface area contributed by atoms with E-state index >= 15 is 0 Å². The van der Waals surface area contributed by atoms with E-state index in [4.69, 9.17) is 4.74 Å². The van der Waals surface area contributed by atoms with Crippen LogP contribution < -0.4 is 4.74 Å². The number of aromatic nitrogens is 1. The van der Waals surface area contributed by atoms with Crippen molar-refractivity contribution >= 4 is 16.9 Å². The van der Waals surface area contributed by atoms with Crippen LogP contribution in [0.1, 0.15) is 42.0 Å². The molecule has 3 aromatic rings. The van der Waals surface area contributed by atoms with Crippen LogP contribution in [0.4, 0.5) is 0 Å². The van der Waals surface area contributed by atoms with E-state index in [0.717, 1.165) is 37.1 Å². The molecule has 0 saturated carbocycles.